The lowest BCUT2D eigenvalue weighted by molar-refractivity contribution is -0.139. The maximum Gasteiger partial charge on any atom is 0.411 e. The molecule has 1 spiro atoms. The number of hydrogen-bond acceptors (Lipinski definition) is 4. The van der Waals surface area contributed by atoms with E-state index < -0.39 is 17.3 Å². The van der Waals surface area contributed by atoms with Crippen LogP contribution in [0, 0.1) is 11.2 Å². The molecule has 170 valence electrons. The van der Waals surface area contributed by atoms with Gasteiger partial charge in [0.25, 0.3) is 0 Å². The Morgan fingerprint density at radius 1 is 1.23 bits per heavy atom. The van der Waals surface area contributed by atoms with Crippen molar-refractivity contribution < 1.29 is 24.2 Å². The van der Waals surface area contributed by atoms with Crippen LogP contribution in [-0.4, -0.2) is 65.4 Å². The first kappa shape index (κ1) is 21.9. The van der Waals surface area contributed by atoms with E-state index in [1.807, 2.05) is 9.80 Å². The zero-order valence-electron chi connectivity index (χ0n) is 18.1. The summed E-state index contributed by atoms with van der Waals surface area (Å²) >= 11 is 0. The quantitative estimate of drug-likeness (QED) is 0.760. The fourth-order valence-electron chi connectivity index (χ4n) is 5.63. The summed E-state index contributed by atoms with van der Waals surface area (Å²) in [6, 6.07) is 4.74. The molecule has 0 aromatic heterocycles. The molecular formula is C23H32FN3O4. The van der Waals surface area contributed by atoms with Crippen molar-refractivity contribution in [2.45, 2.75) is 64.0 Å². The Morgan fingerprint density at radius 2 is 1.97 bits per heavy atom. The molecule has 0 bridgehead atoms. The number of piperidine rings is 1. The maximum absolute atomic E-state index is 15.0. The predicted octanol–water partition coefficient (Wildman–Crippen LogP) is 3.45. The molecule has 2 N–H and O–H groups in total. The van der Waals surface area contributed by atoms with E-state index in [-0.39, 0.29) is 24.6 Å². The van der Waals surface area contributed by atoms with Gasteiger partial charge in [-0.15, -0.1) is 0 Å². The molecule has 1 aliphatic carbocycles. The molecule has 3 aliphatic rings. The summed E-state index contributed by atoms with van der Waals surface area (Å²) in [5, 5.41) is 19.1. The molecule has 8 heteroatoms. The first-order valence-electron chi connectivity index (χ1n) is 11.4. The Balaban J connectivity index is 1.50. The first-order valence-corrected chi connectivity index (χ1v) is 11.4. The second-order valence-corrected chi connectivity index (χ2v) is 9.18. The average Bonchev–Trinajstić information content (AvgIpc) is 3.04. The molecule has 2 heterocycles. The van der Waals surface area contributed by atoms with Crippen molar-refractivity contribution in [3.8, 4) is 0 Å². The van der Waals surface area contributed by atoms with E-state index in [0.717, 1.165) is 56.4 Å². The van der Waals surface area contributed by atoms with Crippen molar-refractivity contribution in [2.75, 3.05) is 36.0 Å². The molecule has 2 amide bonds. The molecule has 2 saturated heterocycles. The largest absolute Gasteiger partial charge is 0.465 e. The lowest BCUT2D eigenvalue weighted by Gasteiger charge is -2.41. The number of likely N-dealkylation sites (tertiary alicyclic amines) is 1. The molecule has 1 saturated carbocycles. The zero-order valence-corrected chi connectivity index (χ0v) is 18.1. The Morgan fingerprint density at radius 3 is 2.61 bits per heavy atom. The monoisotopic (exact) mass is 433 g/mol. The van der Waals surface area contributed by atoms with E-state index in [2.05, 4.69) is 0 Å². The summed E-state index contributed by atoms with van der Waals surface area (Å²) in [5.74, 6) is -0.281. The molecule has 31 heavy (non-hydrogen) atoms. The number of benzene rings is 1. The van der Waals surface area contributed by atoms with Gasteiger partial charge in [0.15, 0.2) is 0 Å². The number of carbonyl (C=O) groups excluding carboxylic acids is 1. The van der Waals surface area contributed by atoms with Gasteiger partial charge >= 0.3 is 6.09 Å². The number of aliphatic hydroxyl groups is 1. The van der Waals surface area contributed by atoms with E-state index >= 15 is 0 Å². The summed E-state index contributed by atoms with van der Waals surface area (Å²) < 4.78 is 15.0. The third kappa shape index (κ3) is 4.10. The number of carboxylic acid groups (broad SMARTS) is 1. The molecule has 3 fully saturated rings. The summed E-state index contributed by atoms with van der Waals surface area (Å²) in [6.07, 6.45) is 4.25. The lowest BCUT2D eigenvalue weighted by atomic mass is 9.78. The number of rotatable bonds is 4. The maximum atomic E-state index is 15.0. The van der Waals surface area contributed by atoms with Crippen LogP contribution in [0.25, 0.3) is 0 Å². The number of hydrogen-bond donors (Lipinski definition) is 2. The van der Waals surface area contributed by atoms with Crippen molar-refractivity contribution >= 4 is 23.4 Å². The highest BCUT2D eigenvalue weighted by molar-refractivity contribution is 5.87. The standard InChI is InChI=1S/C23H32FN3O4/c1-2-26(22(30)31)17-6-9-20(19(24)14-17)25-12-3-10-23(15-25)11-13-27(21(23)29)16-4-7-18(28)8-5-16/h6,9,14,16,18,28H,2-5,7-8,10-13,15H2,1H3,(H,30,31)/t16?,18?,23-/m0/s1. The molecule has 4 rings (SSSR count). The lowest BCUT2D eigenvalue weighted by Crippen LogP contribution is -2.50. The number of carbonyl (C=O) groups is 2. The minimum absolute atomic E-state index is 0.179. The molecule has 0 unspecified atom stereocenters. The molecular weight excluding hydrogens is 401 g/mol. The van der Waals surface area contributed by atoms with Crippen LogP contribution in [0.15, 0.2) is 18.2 Å². The number of halogens is 1. The van der Waals surface area contributed by atoms with E-state index in [9.17, 15) is 24.2 Å². The number of amides is 2. The van der Waals surface area contributed by atoms with E-state index in [4.69, 9.17) is 0 Å². The van der Waals surface area contributed by atoms with Gasteiger partial charge in [-0.05, 0) is 70.1 Å². The summed E-state index contributed by atoms with van der Waals surface area (Å²) in [6.45, 7) is 3.85. The van der Waals surface area contributed by atoms with Crippen LogP contribution < -0.4 is 9.80 Å². The minimum atomic E-state index is -1.11. The Kier molecular flexibility index (Phi) is 6.10. The normalized spacial score (nSPS) is 28.9. The smallest absolute Gasteiger partial charge is 0.411 e. The first-order chi connectivity index (χ1) is 14.8. The number of anilines is 2. The van der Waals surface area contributed by atoms with Gasteiger partial charge in [-0.25, -0.2) is 9.18 Å². The fourth-order valence-corrected chi connectivity index (χ4v) is 5.63. The Hall–Kier alpha value is -2.35. The second kappa shape index (κ2) is 8.65. The molecule has 7 nitrogen and oxygen atoms in total. The SMILES string of the molecule is CCN(C(=O)O)c1ccc(N2CCC[C@]3(CCN(C4CCC(O)CC4)C3=O)C2)c(F)c1. The van der Waals surface area contributed by atoms with Crippen molar-refractivity contribution in [3.63, 3.8) is 0 Å². The van der Waals surface area contributed by atoms with Crippen LogP contribution in [0.4, 0.5) is 20.6 Å². The van der Waals surface area contributed by atoms with Crippen LogP contribution in [0.5, 0.6) is 0 Å². The van der Waals surface area contributed by atoms with Gasteiger partial charge in [-0.3, -0.25) is 9.69 Å². The van der Waals surface area contributed by atoms with Crippen molar-refractivity contribution in [1.82, 2.24) is 4.90 Å². The van der Waals surface area contributed by atoms with Crippen LogP contribution >= 0.6 is 0 Å². The van der Waals surface area contributed by atoms with Crippen LogP contribution in [-0.2, 0) is 4.79 Å². The Labute approximate surface area is 182 Å². The Bertz CT molecular complexity index is 842. The van der Waals surface area contributed by atoms with Gasteiger partial charge in [-0.2, -0.15) is 0 Å². The third-order valence-electron chi connectivity index (χ3n) is 7.36. The van der Waals surface area contributed by atoms with Crippen molar-refractivity contribution in [2.24, 2.45) is 5.41 Å². The molecule has 1 aromatic carbocycles. The molecule has 0 radical (unpaired) electrons. The highest BCUT2D eigenvalue weighted by Gasteiger charge is 2.50. The zero-order chi connectivity index (χ0) is 22.2. The van der Waals surface area contributed by atoms with Gasteiger partial charge in [0.2, 0.25) is 5.91 Å². The summed E-state index contributed by atoms with van der Waals surface area (Å²) in [7, 11) is 0. The van der Waals surface area contributed by atoms with Gasteiger partial charge in [0, 0.05) is 32.2 Å². The third-order valence-corrected chi connectivity index (χ3v) is 7.36. The molecule has 1 aromatic rings. The van der Waals surface area contributed by atoms with Gasteiger partial charge in [-0.1, -0.05) is 0 Å². The minimum Gasteiger partial charge on any atom is -0.465 e. The summed E-state index contributed by atoms with van der Waals surface area (Å²) in [4.78, 5) is 29.9. The van der Waals surface area contributed by atoms with Gasteiger partial charge < -0.3 is 20.0 Å². The topological polar surface area (TPSA) is 84.3 Å². The molecule has 1 atom stereocenters. The van der Waals surface area contributed by atoms with E-state index in [1.54, 1.807) is 19.1 Å². The highest BCUT2D eigenvalue weighted by atomic mass is 19.1. The highest BCUT2D eigenvalue weighted by Crippen LogP contribution is 2.44. The average molecular weight is 434 g/mol. The van der Waals surface area contributed by atoms with Crippen molar-refractivity contribution in [3.05, 3.63) is 24.0 Å². The van der Waals surface area contributed by atoms with Crippen LogP contribution in [0.1, 0.15) is 51.9 Å². The van der Waals surface area contributed by atoms with Crippen LogP contribution in [0.3, 0.4) is 0 Å². The fraction of sp³-hybridized carbons (Fsp3) is 0.652. The predicted molar refractivity (Wildman–Crippen MR) is 116 cm³/mol. The number of nitrogens with zero attached hydrogens (tertiary/aromatic N) is 3. The van der Waals surface area contributed by atoms with Gasteiger partial charge in [0.05, 0.1) is 22.9 Å². The summed E-state index contributed by atoms with van der Waals surface area (Å²) in [5.41, 5.74) is 0.262. The molecule has 2 aliphatic heterocycles. The van der Waals surface area contributed by atoms with Crippen molar-refractivity contribution in [1.29, 1.82) is 0 Å². The van der Waals surface area contributed by atoms with E-state index in [0.29, 0.717) is 24.5 Å². The second-order valence-electron chi connectivity index (χ2n) is 9.18. The van der Waals surface area contributed by atoms with Crippen LogP contribution in [0.2, 0.25) is 0 Å². The number of aliphatic hydroxyl groups excluding tert-OH is 1. The van der Waals surface area contributed by atoms with E-state index in [1.165, 1.54) is 6.07 Å². The van der Waals surface area contributed by atoms with Gasteiger partial charge in [0.1, 0.15) is 5.82 Å².